The van der Waals surface area contributed by atoms with Gasteiger partial charge in [0.05, 0.1) is 22.6 Å². The molecule has 0 N–H and O–H groups in total. The predicted octanol–water partition coefficient (Wildman–Crippen LogP) is 5.78. The zero-order valence-electron chi connectivity index (χ0n) is 13.1. The van der Waals surface area contributed by atoms with Crippen LogP contribution in [0.1, 0.15) is 11.1 Å². The summed E-state index contributed by atoms with van der Waals surface area (Å²) in [5, 5.41) is 1.03. The molecule has 0 aliphatic rings. The molecule has 0 fully saturated rings. The molecule has 0 unspecified atom stereocenters. The highest BCUT2D eigenvalue weighted by Crippen LogP contribution is 2.27. The van der Waals surface area contributed by atoms with E-state index in [2.05, 4.69) is 11.8 Å². The molecule has 0 amide bonds. The van der Waals surface area contributed by atoms with E-state index in [0.717, 1.165) is 33.4 Å². The molecule has 1 heterocycles. The van der Waals surface area contributed by atoms with Crippen LogP contribution >= 0.6 is 0 Å². The number of hydrogen-bond donors (Lipinski definition) is 0. The monoisotopic (exact) mass is 307 g/mol. The molecule has 3 aromatic carbocycles. The maximum atomic E-state index is 6.07. The highest BCUT2D eigenvalue weighted by atomic mass is 16.3. The first kappa shape index (κ1) is 14.2. The highest BCUT2D eigenvalue weighted by molar-refractivity contribution is 5.85. The van der Waals surface area contributed by atoms with Gasteiger partial charge in [-0.1, -0.05) is 60.4 Å². The molecule has 4 rings (SSSR count). The van der Waals surface area contributed by atoms with Gasteiger partial charge >= 0.3 is 11.3 Å². The van der Waals surface area contributed by atoms with Crippen LogP contribution in [-0.2, 0) is 0 Å². The van der Waals surface area contributed by atoms with E-state index in [-0.39, 0.29) is 0 Å². The van der Waals surface area contributed by atoms with E-state index in [4.69, 9.17) is 4.42 Å². The van der Waals surface area contributed by atoms with Crippen LogP contribution in [0, 0.1) is 11.8 Å². The average Bonchev–Trinajstić information content (AvgIpc) is 2.67. The topological polar surface area (TPSA) is 11.3 Å². The molecule has 1 nitrogen and oxygen atoms in total. The van der Waals surface area contributed by atoms with Crippen molar-refractivity contribution in [2.45, 2.75) is 0 Å². The van der Waals surface area contributed by atoms with E-state index in [0.29, 0.717) is 0 Å². The van der Waals surface area contributed by atoms with Crippen LogP contribution in [0.4, 0.5) is 0 Å². The minimum Gasteiger partial charge on any atom is -0.207 e. The second-order valence-corrected chi connectivity index (χ2v) is 5.50. The Morgan fingerprint density at radius 2 is 1.29 bits per heavy atom. The van der Waals surface area contributed by atoms with Crippen molar-refractivity contribution in [3.05, 3.63) is 102 Å². The van der Waals surface area contributed by atoms with Gasteiger partial charge in [0.2, 0.25) is 0 Å². The van der Waals surface area contributed by atoms with Crippen LogP contribution in [0.2, 0.25) is 0 Å². The van der Waals surface area contributed by atoms with Crippen molar-refractivity contribution < 1.29 is 4.42 Å². The molecule has 112 valence electrons. The Hall–Kier alpha value is -3.37. The highest BCUT2D eigenvalue weighted by Gasteiger charge is 2.17. The summed E-state index contributed by atoms with van der Waals surface area (Å²) in [6.07, 6.45) is 0. The van der Waals surface area contributed by atoms with E-state index in [9.17, 15) is 0 Å². The van der Waals surface area contributed by atoms with Gasteiger partial charge in [-0.25, -0.2) is 4.42 Å². The van der Waals surface area contributed by atoms with Gasteiger partial charge in [-0.3, -0.25) is 0 Å². The number of rotatable bonds is 1. The molecule has 1 heteroatoms. The summed E-state index contributed by atoms with van der Waals surface area (Å²) in [6.45, 7) is 0. The second kappa shape index (κ2) is 6.40. The van der Waals surface area contributed by atoms with Gasteiger partial charge in [0, 0.05) is 11.6 Å². The number of para-hydroxylation sites is 1. The average molecular weight is 307 g/mol. The molecule has 0 aliphatic heterocycles. The molecule has 0 saturated carbocycles. The van der Waals surface area contributed by atoms with Gasteiger partial charge in [0.25, 0.3) is 0 Å². The summed E-state index contributed by atoms with van der Waals surface area (Å²) in [6, 6.07) is 30.2. The third-order valence-corrected chi connectivity index (χ3v) is 3.85. The van der Waals surface area contributed by atoms with Crippen LogP contribution < -0.4 is 0 Å². The molecular formula is C23H15O+. The molecule has 0 saturated heterocycles. The van der Waals surface area contributed by atoms with E-state index >= 15 is 0 Å². The number of fused-ring (bicyclic) bond motifs is 1. The summed E-state index contributed by atoms with van der Waals surface area (Å²) in [7, 11) is 0. The fraction of sp³-hybridized carbons (Fsp3) is 0. The van der Waals surface area contributed by atoms with Gasteiger partial charge < -0.3 is 0 Å². The van der Waals surface area contributed by atoms with Crippen molar-refractivity contribution in [1.82, 2.24) is 0 Å². The molecule has 0 bridgehead atoms. The summed E-state index contributed by atoms with van der Waals surface area (Å²) < 4.78 is 6.07. The predicted molar refractivity (Wildman–Crippen MR) is 98.5 cm³/mol. The van der Waals surface area contributed by atoms with Crippen LogP contribution in [0.5, 0.6) is 0 Å². The maximum absolute atomic E-state index is 6.07. The van der Waals surface area contributed by atoms with Crippen molar-refractivity contribution >= 4 is 11.0 Å². The number of benzene rings is 3. The van der Waals surface area contributed by atoms with Gasteiger partial charge in [-0.05, 0) is 30.3 Å². The molecule has 0 aliphatic carbocycles. The lowest BCUT2D eigenvalue weighted by Crippen LogP contribution is -1.85. The number of hydrogen-bond acceptors (Lipinski definition) is 0. The Bertz CT molecular complexity index is 1040. The molecule has 0 spiro atoms. The Labute approximate surface area is 141 Å². The minimum atomic E-state index is 0.826. The first-order valence-electron chi connectivity index (χ1n) is 7.88. The van der Waals surface area contributed by atoms with E-state index in [1.165, 1.54) is 0 Å². The molecule has 0 radical (unpaired) electrons. The lowest BCUT2D eigenvalue weighted by atomic mass is 10.1. The van der Waals surface area contributed by atoms with Crippen molar-refractivity contribution in [1.29, 1.82) is 0 Å². The van der Waals surface area contributed by atoms with Gasteiger partial charge in [-0.15, -0.1) is 0 Å². The van der Waals surface area contributed by atoms with Gasteiger partial charge in [-0.2, -0.15) is 0 Å². The Morgan fingerprint density at radius 1 is 0.625 bits per heavy atom. The summed E-state index contributed by atoms with van der Waals surface area (Å²) in [5.74, 6) is 7.37. The molecule has 1 aromatic heterocycles. The van der Waals surface area contributed by atoms with Crippen LogP contribution in [0.15, 0.2) is 95.4 Å². The van der Waals surface area contributed by atoms with E-state index < -0.39 is 0 Å². The third-order valence-electron chi connectivity index (χ3n) is 3.85. The zero-order chi connectivity index (χ0) is 16.2. The Balaban J connectivity index is 1.89. The molecule has 4 aromatic rings. The van der Waals surface area contributed by atoms with E-state index in [1.54, 1.807) is 0 Å². The lowest BCUT2D eigenvalue weighted by Gasteiger charge is -1.96. The fourth-order valence-corrected chi connectivity index (χ4v) is 2.64. The largest absolute Gasteiger partial charge is 0.362 e. The third kappa shape index (κ3) is 2.91. The summed E-state index contributed by atoms with van der Waals surface area (Å²) in [4.78, 5) is 0. The quantitative estimate of drug-likeness (QED) is 0.320. The maximum Gasteiger partial charge on any atom is 0.362 e. The first-order chi connectivity index (χ1) is 11.9. The fourth-order valence-electron chi connectivity index (χ4n) is 2.64. The second-order valence-electron chi connectivity index (χ2n) is 5.50. The van der Waals surface area contributed by atoms with Crippen molar-refractivity contribution in [3.8, 4) is 23.2 Å². The van der Waals surface area contributed by atoms with Crippen molar-refractivity contribution in [2.24, 2.45) is 0 Å². The summed E-state index contributed by atoms with van der Waals surface area (Å²) >= 11 is 0. The Morgan fingerprint density at radius 3 is 2.08 bits per heavy atom. The van der Waals surface area contributed by atoms with Crippen molar-refractivity contribution in [2.75, 3.05) is 0 Å². The van der Waals surface area contributed by atoms with Gasteiger partial charge in [0.15, 0.2) is 0 Å². The minimum absolute atomic E-state index is 0.826. The Kier molecular flexibility index (Phi) is 3.80. The lowest BCUT2D eigenvalue weighted by molar-refractivity contribution is 0.620. The van der Waals surface area contributed by atoms with Crippen LogP contribution in [0.3, 0.4) is 0 Å². The van der Waals surface area contributed by atoms with Gasteiger partial charge in [0.1, 0.15) is 0 Å². The van der Waals surface area contributed by atoms with Crippen LogP contribution in [0.25, 0.3) is 22.3 Å². The normalized spacial score (nSPS) is 10.2. The SMILES string of the molecule is C(#Cc1cc(-c2ccccc2)[o+]c2ccccc12)c1ccccc1. The molecule has 24 heavy (non-hydrogen) atoms. The summed E-state index contributed by atoms with van der Waals surface area (Å²) in [5.41, 5.74) is 3.87. The standard InChI is InChI=1S/C23H15O/c1-3-9-18(10-4-1)15-16-20-17-23(19-11-5-2-6-12-19)24-22-14-8-7-13-21(20)22/h1-14,17H/q+1. The smallest absolute Gasteiger partial charge is 0.207 e. The van der Waals surface area contributed by atoms with E-state index in [1.807, 2.05) is 91.0 Å². The van der Waals surface area contributed by atoms with Crippen molar-refractivity contribution in [3.63, 3.8) is 0 Å². The first-order valence-corrected chi connectivity index (χ1v) is 7.88. The van der Waals surface area contributed by atoms with Crippen LogP contribution in [-0.4, -0.2) is 0 Å². The molecular weight excluding hydrogens is 292 g/mol. The zero-order valence-corrected chi connectivity index (χ0v) is 13.1. The molecule has 0 atom stereocenters.